The quantitative estimate of drug-likeness (QED) is 0.380. The lowest BCUT2D eigenvalue weighted by Gasteiger charge is -2.04. The lowest BCUT2D eigenvalue weighted by molar-refractivity contribution is 1.23. The highest BCUT2D eigenvalue weighted by atomic mass is 79.9. The molecule has 0 N–H and O–H groups in total. The van der Waals surface area contributed by atoms with Crippen molar-refractivity contribution in [3.63, 3.8) is 0 Å². The minimum Gasteiger partial charge on any atom is -0.228 e. The summed E-state index contributed by atoms with van der Waals surface area (Å²) < 4.78 is 2.96. The highest BCUT2D eigenvalue weighted by molar-refractivity contribution is 9.12. The molecule has 0 aliphatic carbocycles. The van der Waals surface area contributed by atoms with Gasteiger partial charge in [-0.15, -0.1) is 11.3 Å². The van der Waals surface area contributed by atoms with E-state index in [1.54, 1.807) is 11.3 Å². The van der Waals surface area contributed by atoms with Gasteiger partial charge >= 0.3 is 0 Å². The fourth-order valence-corrected chi connectivity index (χ4v) is 5.06. The van der Waals surface area contributed by atoms with E-state index in [4.69, 9.17) is 11.6 Å². The van der Waals surface area contributed by atoms with Gasteiger partial charge < -0.3 is 0 Å². The summed E-state index contributed by atoms with van der Waals surface area (Å²) in [6.45, 7) is 0. The molecule has 2 aromatic heterocycles. The second-order valence-electron chi connectivity index (χ2n) is 3.74. The van der Waals surface area contributed by atoms with Gasteiger partial charge in [0, 0.05) is 15.4 Å². The molecule has 0 spiro atoms. The molecule has 96 valence electrons. The minimum absolute atomic E-state index is 0.460. The molecule has 2 heterocycles. The van der Waals surface area contributed by atoms with E-state index in [1.807, 2.05) is 24.3 Å². The van der Waals surface area contributed by atoms with Crippen molar-refractivity contribution in [1.29, 1.82) is 0 Å². The van der Waals surface area contributed by atoms with Crippen molar-refractivity contribution in [2.45, 2.75) is 0 Å². The number of aromatic nitrogens is 2. The first-order valence-electron chi connectivity index (χ1n) is 5.12. The number of nitrogens with zero attached hydrogens (tertiary/aromatic N) is 2. The molecule has 0 aliphatic heterocycles. The van der Waals surface area contributed by atoms with Gasteiger partial charge in [0.1, 0.15) is 5.15 Å². The Balaban J connectivity index is 2.28. The number of halogens is 4. The van der Waals surface area contributed by atoms with Crippen LogP contribution in [0.15, 0.2) is 36.3 Å². The number of rotatable bonds is 1. The first-order valence-corrected chi connectivity index (χ1v) is 8.70. The fourth-order valence-electron chi connectivity index (χ4n) is 1.68. The van der Waals surface area contributed by atoms with Crippen molar-refractivity contribution in [2.24, 2.45) is 0 Å². The van der Waals surface area contributed by atoms with Crippen molar-refractivity contribution in [2.75, 3.05) is 0 Å². The summed E-state index contributed by atoms with van der Waals surface area (Å²) in [5, 5.41) is 1.31. The maximum Gasteiger partial charge on any atom is 0.163 e. The predicted octanol–water partition coefficient (Wildman–Crippen LogP) is 6.30. The molecule has 0 unspecified atom stereocenters. The molecule has 0 fully saturated rings. The van der Waals surface area contributed by atoms with E-state index in [0.29, 0.717) is 11.0 Å². The van der Waals surface area contributed by atoms with E-state index < -0.39 is 0 Å². The number of benzene rings is 1. The van der Waals surface area contributed by atoms with Gasteiger partial charge in [-0.1, -0.05) is 27.5 Å². The largest absolute Gasteiger partial charge is 0.228 e. The number of fused-ring (bicyclic) bond motifs is 1. The van der Waals surface area contributed by atoms with Crippen LogP contribution in [0.1, 0.15) is 0 Å². The predicted molar refractivity (Wildman–Crippen MR) is 91.0 cm³/mol. The van der Waals surface area contributed by atoms with Crippen LogP contribution in [0.2, 0.25) is 5.15 Å². The van der Waals surface area contributed by atoms with Gasteiger partial charge in [0.15, 0.2) is 5.82 Å². The highest BCUT2D eigenvalue weighted by Crippen LogP contribution is 2.38. The number of thiophene rings is 1. The smallest absolute Gasteiger partial charge is 0.163 e. The highest BCUT2D eigenvalue weighted by Gasteiger charge is 2.13. The van der Waals surface area contributed by atoms with Crippen LogP contribution in [-0.4, -0.2) is 9.97 Å². The Bertz CT molecular complexity index is 788. The zero-order valence-corrected chi connectivity index (χ0v) is 15.5. The molecule has 19 heavy (non-hydrogen) atoms. The molecule has 7 heteroatoms. The molecular weight excluding hydrogens is 479 g/mol. The normalized spacial score (nSPS) is 11.2. The van der Waals surface area contributed by atoms with Crippen LogP contribution in [0.25, 0.3) is 22.3 Å². The molecule has 1 aromatic carbocycles. The van der Waals surface area contributed by atoms with E-state index in [9.17, 15) is 0 Å². The maximum absolute atomic E-state index is 6.23. The van der Waals surface area contributed by atoms with E-state index in [-0.39, 0.29) is 0 Å². The van der Waals surface area contributed by atoms with Crippen LogP contribution in [0.3, 0.4) is 0 Å². The van der Waals surface area contributed by atoms with E-state index in [2.05, 4.69) is 57.8 Å². The zero-order chi connectivity index (χ0) is 13.6. The summed E-state index contributed by atoms with van der Waals surface area (Å²) >= 11 is 18.2. The molecule has 0 aliphatic rings. The van der Waals surface area contributed by atoms with E-state index in [0.717, 1.165) is 28.5 Å². The Hall–Kier alpha value is -0.0100. The summed E-state index contributed by atoms with van der Waals surface area (Å²) in [7, 11) is 0. The summed E-state index contributed by atoms with van der Waals surface area (Å²) in [4.78, 5) is 8.94. The Morgan fingerprint density at radius 2 is 1.84 bits per heavy atom. The molecule has 3 rings (SSSR count). The fraction of sp³-hybridized carbons (Fsp3) is 0. The molecule has 0 saturated carbocycles. The van der Waals surface area contributed by atoms with Crippen LogP contribution in [0.5, 0.6) is 0 Å². The molecular formula is C12H4Br3ClN2S. The van der Waals surface area contributed by atoms with Gasteiger partial charge in [-0.25, -0.2) is 9.97 Å². The summed E-state index contributed by atoms with van der Waals surface area (Å²) in [5.41, 5.74) is 1.75. The minimum atomic E-state index is 0.460. The molecule has 0 radical (unpaired) electrons. The standard InChI is InChI=1S/C12H4Br3ClN2S/c13-5-1-2-6-8(3-5)17-12(18-11(6)16)7-4-9(14)19-10(7)15/h1-4H. The van der Waals surface area contributed by atoms with Crippen LogP contribution in [0, 0.1) is 0 Å². The third-order valence-electron chi connectivity index (χ3n) is 2.51. The Morgan fingerprint density at radius 1 is 1.05 bits per heavy atom. The van der Waals surface area contributed by atoms with Crippen LogP contribution in [-0.2, 0) is 0 Å². The number of hydrogen-bond acceptors (Lipinski definition) is 3. The Kier molecular flexibility index (Phi) is 3.97. The first kappa shape index (κ1) is 13.9. The van der Waals surface area contributed by atoms with Crippen molar-refractivity contribution < 1.29 is 0 Å². The second kappa shape index (κ2) is 5.41. The molecule has 0 saturated heterocycles. The zero-order valence-electron chi connectivity index (χ0n) is 9.12. The lowest BCUT2D eigenvalue weighted by Crippen LogP contribution is -1.91. The number of hydrogen-bond donors (Lipinski definition) is 0. The Labute approximate surface area is 143 Å². The van der Waals surface area contributed by atoms with Gasteiger partial charge in [0.2, 0.25) is 0 Å². The van der Waals surface area contributed by atoms with E-state index in [1.165, 1.54) is 0 Å². The summed E-state index contributed by atoms with van der Waals surface area (Å²) in [6, 6.07) is 7.74. The monoisotopic (exact) mass is 480 g/mol. The first-order chi connectivity index (χ1) is 9.04. The van der Waals surface area contributed by atoms with Crippen molar-refractivity contribution in [3.8, 4) is 11.4 Å². The van der Waals surface area contributed by atoms with Crippen molar-refractivity contribution in [3.05, 3.63) is 41.5 Å². The van der Waals surface area contributed by atoms with Crippen LogP contribution in [0.4, 0.5) is 0 Å². The molecule has 0 amide bonds. The van der Waals surface area contributed by atoms with Gasteiger partial charge in [-0.05, 0) is 56.1 Å². The third-order valence-corrected chi connectivity index (χ3v) is 5.63. The average molecular weight is 483 g/mol. The van der Waals surface area contributed by atoms with Gasteiger partial charge in [-0.3, -0.25) is 0 Å². The summed E-state index contributed by atoms with van der Waals surface area (Å²) in [6.07, 6.45) is 0. The Morgan fingerprint density at radius 3 is 2.53 bits per heavy atom. The van der Waals surface area contributed by atoms with Gasteiger partial charge in [-0.2, -0.15) is 0 Å². The van der Waals surface area contributed by atoms with Crippen LogP contribution >= 0.6 is 70.7 Å². The average Bonchev–Trinajstić information content (AvgIpc) is 2.67. The van der Waals surface area contributed by atoms with Crippen molar-refractivity contribution in [1.82, 2.24) is 9.97 Å². The van der Waals surface area contributed by atoms with Crippen molar-refractivity contribution >= 4 is 81.6 Å². The van der Waals surface area contributed by atoms with Crippen LogP contribution < -0.4 is 0 Å². The SMILES string of the molecule is Clc1nc(-c2cc(Br)sc2Br)nc2cc(Br)ccc12. The second-order valence-corrected chi connectivity index (χ2v) is 8.76. The van der Waals surface area contributed by atoms with E-state index >= 15 is 0 Å². The molecule has 2 nitrogen and oxygen atoms in total. The molecule has 0 atom stereocenters. The molecule has 3 aromatic rings. The third kappa shape index (κ3) is 2.74. The summed E-state index contributed by atoms with van der Waals surface area (Å²) in [5.74, 6) is 0.615. The topological polar surface area (TPSA) is 25.8 Å². The molecule has 0 bridgehead atoms. The lowest BCUT2D eigenvalue weighted by atomic mass is 10.2. The van der Waals surface area contributed by atoms with Gasteiger partial charge in [0.25, 0.3) is 0 Å². The maximum atomic E-state index is 6.23. The van der Waals surface area contributed by atoms with Gasteiger partial charge in [0.05, 0.1) is 13.1 Å².